The third-order valence-electron chi connectivity index (χ3n) is 4.87. The number of aryl methyl sites for hydroxylation is 1. The maximum Gasteiger partial charge on any atom is 0.255 e. The van der Waals surface area contributed by atoms with Gasteiger partial charge in [-0.1, -0.05) is 6.07 Å². The lowest BCUT2D eigenvalue weighted by molar-refractivity contribution is -0.123. The van der Waals surface area contributed by atoms with Gasteiger partial charge in [0.05, 0.1) is 11.3 Å². The second kappa shape index (κ2) is 5.99. The van der Waals surface area contributed by atoms with Gasteiger partial charge in [0.2, 0.25) is 5.91 Å². The number of amides is 2. The lowest BCUT2D eigenvalue weighted by atomic mass is 9.93. The minimum Gasteiger partial charge on any atom is -0.384 e. The zero-order valence-electron chi connectivity index (χ0n) is 13.0. The van der Waals surface area contributed by atoms with E-state index in [4.69, 9.17) is 5.73 Å². The van der Waals surface area contributed by atoms with E-state index in [9.17, 15) is 9.59 Å². The van der Waals surface area contributed by atoms with Crippen molar-refractivity contribution in [1.82, 2.24) is 4.90 Å². The molecule has 0 radical (unpaired) electrons. The van der Waals surface area contributed by atoms with Crippen molar-refractivity contribution in [3.05, 3.63) is 28.8 Å². The minimum atomic E-state index is -0.249. The fraction of sp³-hybridized carbons (Fsp3) is 0.529. The molecule has 5 heteroatoms. The van der Waals surface area contributed by atoms with Crippen LogP contribution in [-0.2, 0) is 11.2 Å². The van der Waals surface area contributed by atoms with Gasteiger partial charge in [0.25, 0.3) is 5.91 Å². The van der Waals surface area contributed by atoms with Gasteiger partial charge in [0.15, 0.2) is 0 Å². The molecule has 1 fully saturated rings. The van der Waals surface area contributed by atoms with Crippen LogP contribution in [0.15, 0.2) is 12.1 Å². The molecule has 1 aromatic carbocycles. The molecule has 2 heterocycles. The normalized spacial score (nSPS) is 18.5. The van der Waals surface area contributed by atoms with Crippen LogP contribution in [0.3, 0.4) is 0 Å². The maximum absolute atomic E-state index is 12.8. The SMILES string of the molecule is Cc1ccc(C(=O)N2CCC(C(N)=O)CC2)c2c1CCCN2. The van der Waals surface area contributed by atoms with E-state index in [0.717, 1.165) is 30.6 Å². The van der Waals surface area contributed by atoms with Gasteiger partial charge in [-0.15, -0.1) is 0 Å². The van der Waals surface area contributed by atoms with Crippen molar-refractivity contribution in [3.63, 3.8) is 0 Å². The second-order valence-corrected chi connectivity index (χ2v) is 6.28. The maximum atomic E-state index is 12.8. The van der Waals surface area contributed by atoms with E-state index >= 15 is 0 Å². The third kappa shape index (κ3) is 2.67. The number of carbonyl (C=O) groups is 2. The Labute approximate surface area is 130 Å². The van der Waals surface area contributed by atoms with Crippen LogP contribution < -0.4 is 11.1 Å². The number of nitrogens with two attached hydrogens (primary N) is 1. The molecule has 1 saturated heterocycles. The Morgan fingerprint density at radius 2 is 2.00 bits per heavy atom. The lowest BCUT2D eigenvalue weighted by Crippen LogP contribution is -2.42. The van der Waals surface area contributed by atoms with Crippen LogP contribution in [0.1, 0.15) is 40.7 Å². The average Bonchev–Trinajstić information content (AvgIpc) is 2.55. The number of likely N-dealkylation sites (tertiary alicyclic amines) is 1. The van der Waals surface area contributed by atoms with E-state index in [-0.39, 0.29) is 17.7 Å². The van der Waals surface area contributed by atoms with Crippen molar-refractivity contribution in [1.29, 1.82) is 0 Å². The number of nitrogens with one attached hydrogen (secondary N) is 1. The molecular weight excluding hydrogens is 278 g/mol. The highest BCUT2D eigenvalue weighted by atomic mass is 16.2. The summed E-state index contributed by atoms with van der Waals surface area (Å²) in [6, 6.07) is 3.96. The number of hydrogen-bond acceptors (Lipinski definition) is 3. The molecule has 2 aliphatic rings. The molecule has 0 bridgehead atoms. The van der Waals surface area contributed by atoms with E-state index in [1.54, 1.807) is 0 Å². The summed E-state index contributed by atoms with van der Waals surface area (Å²) in [5.41, 5.74) is 9.63. The second-order valence-electron chi connectivity index (χ2n) is 6.28. The van der Waals surface area contributed by atoms with Crippen LogP contribution in [0.5, 0.6) is 0 Å². The Kier molecular flexibility index (Phi) is 4.05. The Bertz CT molecular complexity index is 604. The highest BCUT2D eigenvalue weighted by molar-refractivity contribution is 6.00. The summed E-state index contributed by atoms with van der Waals surface area (Å²) >= 11 is 0. The molecule has 0 aliphatic carbocycles. The average molecular weight is 301 g/mol. The van der Waals surface area contributed by atoms with E-state index in [0.29, 0.717) is 25.9 Å². The highest BCUT2D eigenvalue weighted by Crippen LogP contribution is 2.30. The molecule has 0 unspecified atom stereocenters. The van der Waals surface area contributed by atoms with Gasteiger partial charge >= 0.3 is 0 Å². The number of fused-ring (bicyclic) bond motifs is 1. The topological polar surface area (TPSA) is 75.4 Å². The molecule has 0 saturated carbocycles. The van der Waals surface area contributed by atoms with Crippen LogP contribution in [-0.4, -0.2) is 36.3 Å². The van der Waals surface area contributed by atoms with Crippen molar-refractivity contribution in [2.45, 2.75) is 32.6 Å². The van der Waals surface area contributed by atoms with Gasteiger partial charge in [-0.2, -0.15) is 0 Å². The summed E-state index contributed by atoms with van der Waals surface area (Å²) in [6.07, 6.45) is 3.47. The fourth-order valence-electron chi connectivity index (χ4n) is 3.47. The fourth-order valence-corrected chi connectivity index (χ4v) is 3.47. The smallest absolute Gasteiger partial charge is 0.255 e. The van der Waals surface area contributed by atoms with Crippen molar-refractivity contribution < 1.29 is 9.59 Å². The zero-order chi connectivity index (χ0) is 15.7. The number of nitrogens with zero attached hydrogens (tertiary/aromatic N) is 1. The summed E-state index contributed by atoms with van der Waals surface area (Å²) in [5, 5.41) is 3.40. The molecular formula is C17H23N3O2. The summed E-state index contributed by atoms with van der Waals surface area (Å²) in [7, 11) is 0. The predicted octanol–water partition coefficient (Wildman–Crippen LogP) is 1.69. The zero-order valence-corrected chi connectivity index (χ0v) is 13.0. The summed E-state index contributed by atoms with van der Waals surface area (Å²) in [6.45, 7) is 4.23. The van der Waals surface area contributed by atoms with E-state index in [1.165, 1.54) is 11.1 Å². The van der Waals surface area contributed by atoms with Crippen LogP contribution >= 0.6 is 0 Å². The number of anilines is 1. The van der Waals surface area contributed by atoms with Crippen LogP contribution in [0, 0.1) is 12.8 Å². The van der Waals surface area contributed by atoms with Gasteiger partial charge < -0.3 is 16.0 Å². The molecule has 3 N–H and O–H groups in total. The predicted molar refractivity (Wildman–Crippen MR) is 85.8 cm³/mol. The van der Waals surface area contributed by atoms with Crippen molar-refractivity contribution in [2.75, 3.05) is 25.0 Å². The first kappa shape index (κ1) is 14.9. The largest absolute Gasteiger partial charge is 0.384 e. The Morgan fingerprint density at radius 1 is 1.27 bits per heavy atom. The molecule has 0 atom stereocenters. The van der Waals surface area contributed by atoms with Crippen LogP contribution in [0.2, 0.25) is 0 Å². The minimum absolute atomic E-state index is 0.0635. The van der Waals surface area contributed by atoms with Gasteiger partial charge in [0, 0.05) is 25.6 Å². The first-order chi connectivity index (χ1) is 10.6. The van der Waals surface area contributed by atoms with Crippen molar-refractivity contribution in [3.8, 4) is 0 Å². The summed E-state index contributed by atoms with van der Waals surface area (Å²) < 4.78 is 0. The quantitative estimate of drug-likeness (QED) is 0.873. The monoisotopic (exact) mass is 301 g/mol. The summed E-state index contributed by atoms with van der Waals surface area (Å²) in [4.78, 5) is 25.9. The molecule has 0 aromatic heterocycles. The molecule has 5 nitrogen and oxygen atoms in total. The molecule has 22 heavy (non-hydrogen) atoms. The van der Waals surface area contributed by atoms with E-state index < -0.39 is 0 Å². The number of rotatable bonds is 2. The molecule has 118 valence electrons. The van der Waals surface area contributed by atoms with E-state index in [2.05, 4.69) is 12.2 Å². The molecule has 2 aliphatic heterocycles. The van der Waals surface area contributed by atoms with Gasteiger partial charge in [0.1, 0.15) is 0 Å². The van der Waals surface area contributed by atoms with Gasteiger partial charge in [-0.25, -0.2) is 0 Å². The van der Waals surface area contributed by atoms with Crippen LogP contribution in [0.25, 0.3) is 0 Å². The number of primary amides is 1. The van der Waals surface area contributed by atoms with Crippen LogP contribution in [0.4, 0.5) is 5.69 Å². The number of benzene rings is 1. The number of carbonyl (C=O) groups excluding carboxylic acids is 2. The highest BCUT2D eigenvalue weighted by Gasteiger charge is 2.28. The Morgan fingerprint density at radius 3 is 2.68 bits per heavy atom. The molecule has 1 aromatic rings. The van der Waals surface area contributed by atoms with Gasteiger partial charge in [-0.05, 0) is 49.8 Å². The van der Waals surface area contributed by atoms with Crippen molar-refractivity contribution >= 4 is 17.5 Å². The molecule has 0 spiro atoms. The Balaban J connectivity index is 1.80. The first-order valence-electron chi connectivity index (χ1n) is 8.03. The van der Waals surface area contributed by atoms with Crippen molar-refractivity contribution in [2.24, 2.45) is 11.7 Å². The Hall–Kier alpha value is -2.04. The van der Waals surface area contributed by atoms with Gasteiger partial charge in [-0.3, -0.25) is 9.59 Å². The van der Waals surface area contributed by atoms with E-state index in [1.807, 2.05) is 17.0 Å². The number of piperidine rings is 1. The lowest BCUT2D eigenvalue weighted by Gasteiger charge is -2.32. The number of hydrogen-bond donors (Lipinski definition) is 2. The first-order valence-corrected chi connectivity index (χ1v) is 8.03. The molecule has 3 rings (SSSR count). The standard InChI is InChI=1S/C17H23N3O2/c1-11-4-5-14(15-13(11)3-2-8-19-15)17(22)20-9-6-12(7-10-20)16(18)21/h4-5,12,19H,2-3,6-10H2,1H3,(H2,18,21). The third-order valence-corrected chi connectivity index (χ3v) is 4.87. The summed E-state index contributed by atoms with van der Waals surface area (Å²) in [5.74, 6) is -0.274. The molecule has 2 amide bonds.